The highest BCUT2D eigenvalue weighted by Crippen LogP contribution is 1.98. The lowest BCUT2D eigenvalue weighted by molar-refractivity contribution is 0.598. The van der Waals surface area contributed by atoms with E-state index in [0.717, 1.165) is 0 Å². The molecule has 0 N–H and O–H groups in total. The number of halogens is 2. The summed E-state index contributed by atoms with van der Waals surface area (Å²) < 4.78 is 9.37. The second kappa shape index (κ2) is 9.89. The van der Waals surface area contributed by atoms with Crippen molar-refractivity contribution in [1.29, 1.82) is 0 Å². The van der Waals surface area contributed by atoms with Crippen LogP contribution in [0.3, 0.4) is 0 Å². The van der Waals surface area contributed by atoms with Crippen molar-refractivity contribution in [3.63, 3.8) is 0 Å². The molecular formula is C2H5BCl2OP+. The molecule has 2 radical (unpaired) electrons. The third kappa shape index (κ3) is 274. The van der Waals surface area contributed by atoms with Gasteiger partial charge in [0.15, 0.2) is 0 Å². The molecular weight excluding hydrogens is 153 g/mol. The van der Waals surface area contributed by atoms with E-state index in [1.165, 1.54) is 6.66 Å². The van der Waals surface area contributed by atoms with E-state index in [1.807, 2.05) is 0 Å². The van der Waals surface area contributed by atoms with Crippen LogP contribution < -0.4 is 0 Å². The molecule has 0 spiro atoms. The van der Waals surface area contributed by atoms with Gasteiger partial charge < -0.3 is 0 Å². The van der Waals surface area contributed by atoms with E-state index in [-0.39, 0.29) is 5.34 Å². The van der Waals surface area contributed by atoms with E-state index in [0.29, 0.717) is 0 Å². The summed E-state index contributed by atoms with van der Waals surface area (Å²) in [4.78, 5) is 0. The average molecular weight is 158 g/mol. The molecule has 40 valence electrons. The van der Waals surface area contributed by atoms with Gasteiger partial charge in [-0.3, -0.25) is 0 Å². The summed E-state index contributed by atoms with van der Waals surface area (Å²) in [5.41, 5.74) is 0. The molecule has 7 heavy (non-hydrogen) atoms. The first-order chi connectivity index (χ1) is 3.15. The van der Waals surface area contributed by atoms with Crippen LogP contribution in [0.25, 0.3) is 0 Å². The normalized spacial score (nSPS) is 8.71. The Morgan fingerprint density at radius 3 is 1.71 bits per heavy atom. The van der Waals surface area contributed by atoms with Gasteiger partial charge in [-0.2, -0.15) is 0 Å². The van der Waals surface area contributed by atoms with Gasteiger partial charge in [0.1, 0.15) is 6.66 Å². The first-order valence-corrected chi connectivity index (χ1v) is 4.27. The van der Waals surface area contributed by atoms with Gasteiger partial charge in [0, 0.05) is 0 Å². The van der Waals surface area contributed by atoms with E-state index >= 15 is 0 Å². The van der Waals surface area contributed by atoms with Crippen molar-refractivity contribution in [1.82, 2.24) is 0 Å². The predicted octanol–water partition coefficient (Wildman–Crippen LogP) is 1.95. The van der Waals surface area contributed by atoms with E-state index in [1.54, 1.807) is 0 Å². The minimum absolute atomic E-state index is 0.194. The fourth-order valence-corrected chi connectivity index (χ4v) is 0. The second-order valence-electron chi connectivity index (χ2n) is 0.647. The second-order valence-corrected chi connectivity index (χ2v) is 2.55. The fraction of sp³-hybridized carbons (Fsp3) is 1.00. The molecule has 0 amide bonds. The Bertz CT molecular complexity index is 47.0. The summed E-state index contributed by atoms with van der Waals surface area (Å²) in [5, 5.41) is 0.194. The lowest BCUT2D eigenvalue weighted by Crippen LogP contribution is -1.38. The Balaban J connectivity index is 0. The maximum absolute atomic E-state index is 9.37. The number of hydrogen-bond donors (Lipinski definition) is 0. The van der Waals surface area contributed by atoms with Crippen molar-refractivity contribution < 1.29 is 4.57 Å². The average Bonchev–Trinajstić information content (AvgIpc) is 1.33. The molecule has 0 bridgehead atoms. The molecule has 0 fully saturated rings. The number of rotatable bonds is 0. The largest absolute Gasteiger partial charge is 0.502 e. The SMILES string of the molecule is ClCCl.[B][P+](C)=O. The monoisotopic (exact) mass is 157 g/mol. The van der Waals surface area contributed by atoms with Crippen LogP contribution in [0.4, 0.5) is 0 Å². The standard InChI is InChI=1S/CH3BOP.CH2Cl2/c1-4(2)3;2-1-3/h1H3;1H2/q+1;. The van der Waals surface area contributed by atoms with Crippen LogP contribution in [-0.4, -0.2) is 19.6 Å². The van der Waals surface area contributed by atoms with Crippen molar-refractivity contribution in [3.05, 3.63) is 0 Å². The van der Waals surface area contributed by atoms with Gasteiger partial charge in [-0.1, -0.05) is 0 Å². The molecule has 1 nitrogen and oxygen atoms in total. The van der Waals surface area contributed by atoms with E-state index in [9.17, 15) is 4.57 Å². The maximum atomic E-state index is 9.37. The Morgan fingerprint density at radius 1 is 1.71 bits per heavy atom. The van der Waals surface area contributed by atoms with E-state index in [2.05, 4.69) is 7.57 Å². The molecule has 1 unspecified atom stereocenters. The van der Waals surface area contributed by atoms with Gasteiger partial charge >= 0.3 is 7.57 Å². The number of hydrogen-bond acceptors (Lipinski definition) is 1. The molecule has 0 rings (SSSR count). The molecule has 0 aliphatic rings. The van der Waals surface area contributed by atoms with Crippen LogP contribution in [0.1, 0.15) is 0 Å². The topological polar surface area (TPSA) is 17.1 Å². The Kier molecular flexibility index (Phi) is 15.1. The van der Waals surface area contributed by atoms with Crippen LogP contribution >= 0.6 is 30.9 Å². The van der Waals surface area contributed by atoms with Crippen molar-refractivity contribution in [2.24, 2.45) is 0 Å². The van der Waals surface area contributed by atoms with Crippen LogP contribution in [0, 0.1) is 0 Å². The Labute approximate surface area is 55.5 Å². The summed E-state index contributed by atoms with van der Waals surface area (Å²) in [6, 6.07) is 0. The smallest absolute Gasteiger partial charge is 0.109 e. The van der Waals surface area contributed by atoms with E-state index < -0.39 is 7.68 Å². The van der Waals surface area contributed by atoms with Crippen molar-refractivity contribution >= 4 is 38.4 Å². The molecule has 0 aromatic rings. The van der Waals surface area contributed by atoms with Crippen LogP contribution in [0.2, 0.25) is 0 Å². The highest BCUT2D eigenvalue weighted by Gasteiger charge is 1.84. The zero-order valence-corrected chi connectivity index (χ0v) is 6.30. The van der Waals surface area contributed by atoms with Gasteiger partial charge in [-0.05, 0) is 0 Å². The highest BCUT2D eigenvalue weighted by atomic mass is 35.5. The fourth-order valence-electron chi connectivity index (χ4n) is 0. The summed E-state index contributed by atoms with van der Waals surface area (Å²) >= 11 is 9.53. The van der Waals surface area contributed by atoms with E-state index in [4.69, 9.17) is 23.2 Å². The quantitative estimate of drug-likeness (QED) is 0.299. The minimum Gasteiger partial charge on any atom is -0.109 e. The zero-order chi connectivity index (χ0) is 6.28. The van der Waals surface area contributed by atoms with Gasteiger partial charge in [-0.25, -0.2) is 0 Å². The van der Waals surface area contributed by atoms with Crippen molar-refractivity contribution in [2.75, 3.05) is 12.0 Å². The summed E-state index contributed by atoms with van der Waals surface area (Å²) in [5.74, 6) is 0. The van der Waals surface area contributed by atoms with Gasteiger partial charge in [0.2, 0.25) is 0 Å². The molecule has 0 heterocycles. The molecule has 0 aromatic carbocycles. The lowest BCUT2D eigenvalue weighted by Gasteiger charge is -1.42. The third-order valence-corrected chi connectivity index (χ3v) is 0. The zero-order valence-electron chi connectivity index (χ0n) is 3.90. The van der Waals surface area contributed by atoms with Crippen molar-refractivity contribution in [3.8, 4) is 0 Å². The summed E-state index contributed by atoms with van der Waals surface area (Å²) in [7, 11) is 3.25. The van der Waals surface area contributed by atoms with Crippen molar-refractivity contribution in [2.45, 2.75) is 0 Å². The minimum atomic E-state index is -1.37. The Hall–Kier alpha value is 0.745. The van der Waals surface area contributed by atoms with Crippen LogP contribution in [0.15, 0.2) is 0 Å². The lowest BCUT2D eigenvalue weighted by atomic mass is 10.8. The molecule has 0 saturated carbocycles. The van der Waals surface area contributed by atoms with Gasteiger partial charge in [0.25, 0.3) is 7.68 Å². The van der Waals surface area contributed by atoms with Gasteiger partial charge in [0.05, 0.1) is 5.34 Å². The van der Waals surface area contributed by atoms with Crippen LogP contribution in [-0.2, 0) is 4.57 Å². The Morgan fingerprint density at radius 2 is 1.71 bits per heavy atom. The van der Waals surface area contributed by atoms with Crippen LogP contribution in [0.5, 0.6) is 0 Å². The maximum Gasteiger partial charge on any atom is 0.502 e. The summed E-state index contributed by atoms with van der Waals surface area (Å²) in [6.45, 7) is 1.45. The third-order valence-electron chi connectivity index (χ3n) is 0. The molecule has 0 aliphatic heterocycles. The summed E-state index contributed by atoms with van der Waals surface area (Å²) in [6.07, 6.45) is 0. The van der Waals surface area contributed by atoms with Gasteiger partial charge in [-0.15, -0.1) is 27.8 Å². The first-order valence-electron chi connectivity index (χ1n) is 1.42. The first kappa shape index (κ1) is 10.7. The molecule has 0 aromatic heterocycles. The molecule has 5 heteroatoms. The predicted molar refractivity (Wildman–Crippen MR) is 35.9 cm³/mol. The number of alkyl halides is 2. The highest BCUT2D eigenvalue weighted by molar-refractivity contribution is 7.71. The molecule has 0 aliphatic carbocycles. The molecule has 1 atom stereocenters. The molecule has 0 saturated heterocycles.